The standard InChI is InChI=1S/C17H24N2O2/c1-12-4-2-3-5-14(12)15(13-6-7-13)19-16(21)18-10-17(11-20)8-9-17/h2-5,13,15,20H,6-11H2,1H3,(H2,18,19,21). The molecule has 1 atom stereocenters. The number of aliphatic hydroxyl groups excluding tert-OH is 1. The first-order valence-corrected chi connectivity index (χ1v) is 7.84. The molecule has 114 valence electrons. The number of carbonyl (C=O) groups excluding carboxylic acids is 1. The smallest absolute Gasteiger partial charge is 0.315 e. The number of carbonyl (C=O) groups is 1. The summed E-state index contributed by atoms with van der Waals surface area (Å²) in [6.45, 7) is 2.83. The molecular weight excluding hydrogens is 264 g/mol. The van der Waals surface area contributed by atoms with Gasteiger partial charge >= 0.3 is 6.03 Å². The summed E-state index contributed by atoms with van der Waals surface area (Å²) in [4.78, 5) is 12.2. The number of urea groups is 1. The Bertz CT molecular complexity index is 521. The van der Waals surface area contributed by atoms with Crippen molar-refractivity contribution in [3.63, 3.8) is 0 Å². The van der Waals surface area contributed by atoms with E-state index in [9.17, 15) is 9.90 Å². The van der Waals surface area contributed by atoms with Crippen molar-refractivity contribution in [2.45, 2.75) is 38.6 Å². The Labute approximate surface area is 125 Å². The van der Waals surface area contributed by atoms with Crippen molar-refractivity contribution in [3.05, 3.63) is 35.4 Å². The van der Waals surface area contributed by atoms with Gasteiger partial charge in [-0.25, -0.2) is 4.79 Å². The summed E-state index contributed by atoms with van der Waals surface area (Å²) >= 11 is 0. The maximum Gasteiger partial charge on any atom is 0.315 e. The fraction of sp³-hybridized carbons (Fsp3) is 0.588. The van der Waals surface area contributed by atoms with E-state index < -0.39 is 0 Å². The van der Waals surface area contributed by atoms with Crippen molar-refractivity contribution in [3.8, 4) is 0 Å². The number of hydrogen-bond donors (Lipinski definition) is 3. The van der Waals surface area contributed by atoms with E-state index in [0.29, 0.717) is 12.5 Å². The second-order valence-electron chi connectivity index (χ2n) is 6.66. The van der Waals surface area contributed by atoms with E-state index in [-0.39, 0.29) is 24.1 Å². The Morgan fingerprint density at radius 1 is 1.38 bits per heavy atom. The zero-order chi connectivity index (χ0) is 14.9. The third kappa shape index (κ3) is 3.38. The van der Waals surface area contributed by atoms with Gasteiger partial charge in [0.25, 0.3) is 0 Å². The summed E-state index contributed by atoms with van der Waals surface area (Å²) in [7, 11) is 0. The number of rotatable bonds is 6. The molecule has 1 unspecified atom stereocenters. The van der Waals surface area contributed by atoms with Gasteiger partial charge in [0.1, 0.15) is 0 Å². The highest BCUT2D eigenvalue weighted by Gasteiger charge is 2.42. The highest BCUT2D eigenvalue weighted by molar-refractivity contribution is 5.74. The molecule has 2 aliphatic carbocycles. The Hall–Kier alpha value is -1.55. The lowest BCUT2D eigenvalue weighted by Crippen LogP contribution is -2.42. The number of aryl methyl sites for hydroxylation is 1. The highest BCUT2D eigenvalue weighted by Crippen LogP contribution is 2.44. The van der Waals surface area contributed by atoms with Crippen LogP contribution in [-0.2, 0) is 0 Å². The fourth-order valence-corrected chi connectivity index (χ4v) is 2.84. The topological polar surface area (TPSA) is 61.4 Å². The second kappa shape index (κ2) is 5.68. The van der Waals surface area contributed by atoms with Gasteiger partial charge in [-0.15, -0.1) is 0 Å². The summed E-state index contributed by atoms with van der Waals surface area (Å²) in [5, 5.41) is 15.3. The quantitative estimate of drug-likeness (QED) is 0.753. The molecule has 0 spiro atoms. The van der Waals surface area contributed by atoms with E-state index in [1.54, 1.807) is 0 Å². The van der Waals surface area contributed by atoms with Gasteiger partial charge in [-0.05, 0) is 49.7 Å². The molecular formula is C17H24N2O2. The summed E-state index contributed by atoms with van der Waals surface area (Å²) in [5.74, 6) is 0.560. The van der Waals surface area contributed by atoms with Crippen LogP contribution in [0.15, 0.2) is 24.3 Å². The average molecular weight is 288 g/mol. The first kappa shape index (κ1) is 14.4. The van der Waals surface area contributed by atoms with Gasteiger partial charge < -0.3 is 15.7 Å². The largest absolute Gasteiger partial charge is 0.396 e. The number of benzene rings is 1. The predicted octanol–water partition coefficient (Wildman–Crippen LogP) is 2.52. The van der Waals surface area contributed by atoms with Gasteiger partial charge in [0.05, 0.1) is 12.6 Å². The highest BCUT2D eigenvalue weighted by atomic mass is 16.3. The lowest BCUT2D eigenvalue weighted by atomic mass is 9.98. The van der Waals surface area contributed by atoms with E-state index in [1.807, 2.05) is 12.1 Å². The van der Waals surface area contributed by atoms with Crippen LogP contribution in [0.5, 0.6) is 0 Å². The molecule has 3 rings (SSSR count). The maximum atomic E-state index is 12.2. The molecule has 2 fully saturated rings. The molecule has 0 heterocycles. The Balaban J connectivity index is 1.60. The molecule has 0 radical (unpaired) electrons. The number of nitrogens with one attached hydrogen (secondary N) is 2. The minimum atomic E-state index is -0.116. The Morgan fingerprint density at radius 2 is 2.10 bits per heavy atom. The predicted molar refractivity (Wildman–Crippen MR) is 81.9 cm³/mol. The summed E-state index contributed by atoms with van der Waals surface area (Å²) in [6.07, 6.45) is 4.38. The first-order valence-electron chi connectivity index (χ1n) is 7.84. The minimum Gasteiger partial charge on any atom is -0.396 e. The van der Waals surface area contributed by atoms with Crippen LogP contribution in [0.4, 0.5) is 4.79 Å². The average Bonchev–Trinajstić information content (AvgIpc) is 3.38. The zero-order valence-corrected chi connectivity index (χ0v) is 12.6. The molecule has 0 aliphatic heterocycles. The lowest BCUT2D eigenvalue weighted by Gasteiger charge is -2.22. The minimum absolute atomic E-state index is 0.0465. The second-order valence-corrected chi connectivity index (χ2v) is 6.66. The normalized spacial score (nSPS) is 20.7. The molecule has 4 nitrogen and oxygen atoms in total. The fourth-order valence-electron chi connectivity index (χ4n) is 2.84. The molecule has 1 aromatic carbocycles. The van der Waals surface area contributed by atoms with Crippen molar-refractivity contribution >= 4 is 6.03 Å². The van der Waals surface area contributed by atoms with Crippen LogP contribution in [0.1, 0.15) is 42.9 Å². The third-order valence-electron chi connectivity index (χ3n) is 4.82. The van der Waals surface area contributed by atoms with Gasteiger partial charge in [0.15, 0.2) is 0 Å². The van der Waals surface area contributed by atoms with E-state index in [4.69, 9.17) is 0 Å². The number of amides is 2. The SMILES string of the molecule is Cc1ccccc1C(NC(=O)NCC1(CO)CC1)C1CC1. The van der Waals surface area contributed by atoms with Crippen molar-refractivity contribution < 1.29 is 9.90 Å². The molecule has 0 aromatic heterocycles. The molecule has 2 aliphatic rings. The molecule has 21 heavy (non-hydrogen) atoms. The molecule has 3 N–H and O–H groups in total. The number of aliphatic hydroxyl groups is 1. The summed E-state index contributed by atoms with van der Waals surface area (Å²) in [6, 6.07) is 8.25. The molecule has 1 aromatic rings. The van der Waals surface area contributed by atoms with E-state index in [1.165, 1.54) is 24.0 Å². The number of hydrogen-bond acceptors (Lipinski definition) is 2. The van der Waals surface area contributed by atoms with Crippen LogP contribution >= 0.6 is 0 Å². The molecule has 0 bridgehead atoms. The third-order valence-corrected chi connectivity index (χ3v) is 4.82. The molecule has 2 saturated carbocycles. The van der Waals surface area contributed by atoms with E-state index in [0.717, 1.165) is 12.8 Å². The van der Waals surface area contributed by atoms with Crippen LogP contribution in [0.25, 0.3) is 0 Å². The van der Waals surface area contributed by atoms with Crippen LogP contribution in [0.3, 0.4) is 0 Å². The van der Waals surface area contributed by atoms with Gasteiger partial charge in [-0.1, -0.05) is 24.3 Å². The van der Waals surface area contributed by atoms with Crippen molar-refractivity contribution in [1.29, 1.82) is 0 Å². The van der Waals surface area contributed by atoms with Gasteiger partial charge in [-0.2, -0.15) is 0 Å². The van der Waals surface area contributed by atoms with Gasteiger partial charge in [-0.3, -0.25) is 0 Å². The van der Waals surface area contributed by atoms with Crippen LogP contribution in [0, 0.1) is 18.3 Å². The van der Waals surface area contributed by atoms with Crippen LogP contribution < -0.4 is 10.6 Å². The summed E-state index contributed by atoms with van der Waals surface area (Å²) < 4.78 is 0. The Morgan fingerprint density at radius 3 is 2.67 bits per heavy atom. The monoisotopic (exact) mass is 288 g/mol. The first-order chi connectivity index (χ1) is 10.1. The molecule has 0 saturated heterocycles. The molecule has 4 heteroatoms. The van der Waals surface area contributed by atoms with Gasteiger partial charge in [0, 0.05) is 12.0 Å². The van der Waals surface area contributed by atoms with Crippen molar-refractivity contribution in [2.75, 3.05) is 13.2 Å². The van der Waals surface area contributed by atoms with E-state index >= 15 is 0 Å². The van der Waals surface area contributed by atoms with Crippen molar-refractivity contribution in [2.24, 2.45) is 11.3 Å². The van der Waals surface area contributed by atoms with E-state index in [2.05, 4.69) is 29.7 Å². The van der Waals surface area contributed by atoms with Gasteiger partial charge in [0.2, 0.25) is 0 Å². The zero-order valence-electron chi connectivity index (χ0n) is 12.6. The molecule has 2 amide bonds. The summed E-state index contributed by atoms with van der Waals surface area (Å²) in [5.41, 5.74) is 2.40. The Kier molecular flexibility index (Phi) is 3.89. The maximum absolute atomic E-state index is 12.2. The van der Waals surface area contributed by atoms with Crippen LogP contribution in [-0.4, -0.2) is 24.3 Å². The van der Waals surface area contributed by atoms with Crippen molar-refractivity contribution in [1.82, 2.24) is 10.6 Å². The lowest BCUT2D eigenvalue weighted by molar-refractivity contribution is 0.201. The van der Waals surface area contributed by atoms with Crippen LogP contribution in [0.2, 0.25) is 0 Å².